The molecule has 1 rings (SSSR count). The minimum atomic E-state index is -4.29. The maximum absolute atomic E-state index is 12.3. The van der Waals surface area contributed by atoms with Gasteiger partial charge in [0.1, 0.15) is 0 Å². The minimum absolute atomic E-state index is 0.527. The highest BCUT2D eigenvalue weighted by Gasteiger charge is 2.31. The van der Waals surface area contributed by atoms with E-state index in [1.54, 1.807) is 0 Å². The molecule has 0 fully saturated rings. The third-order valence-corrected chi connectivity index (χ3v) is 2.50. The summed E-state index contributed by atoms with van der Waals surface area (Å²) in [5.41, 5.74) is -0.680. The first-order valence-electron chi connectivity index (χ1n) is 6.20. The molecule has 0 amide bonds. The number of unbranched alkanes of at least 4 members (excludes halogenated alkanes) is 1. The third kappa shape index (κ3) is 5.53. The molecule has 0 unspecified atom stereocenters. The lowest BCUT2D eigenvalue weighted by Crippen LogP contribution is -2.20. The van der Waals surface area contributed by atoms with Crippen LogP contribution in [0.1, 0.15) is 32.3 Å². The molecule has 1 aromatic rings. The van der Waals surface area contributed by atoms with Gasteiger partial charge in [-0.2, -0.15) is 18.3 Å². The van der Waals surface area contributed by atoms with E-state index in [0.717, 1.165) is 38.3 Å². The number of aromatic nitrogens is 2. The molecule has 18 heavy (non-hydrogen) atoms. The molecule has 104 valence electrons. The molecule has 0 aliphatic heterocycles. The number of nitrogens with one attached hydrogen (secondary N) is 1. The van der Waals surface area contributed by atoms with Crippen LogP contribution < -0.4 is 5.32 Å². The molecule has 1 aromatic heterocycles. The Morgan fingerprint density at radius 1 is 1.33 bits per heavy atom. The zero-order valence-electron chi connectivity index (χ0n) is 10.8. The van der Waals surface area contributed by atoms with Crippen LogP contribution in [-0.2, 0) is 12.7 Å². The smallest absolute Gasteiger partial charge is 0.316 e. The summed E-state index contributed by atoms with van der Waals surface area (Å²) in [6.07, 6.45) is -0.604. The molecule has 0 bridgehead atoms. The fourth-order valence-electron chi connectivity index (χ4n) is 1.55. The fourth-order valence-corrected chi connectivity index (χ4v) is 1.55. The van der Waals surface area contributed by atoms with E-state index < -0.39 is 11.7 Å². The maximum atomic E-state index is 12.3. The van der Waals surface area contributed by atoms with Gasteiger partial charge in [-0.1, -0.05) is 13.8 Å². The number of hydrogen-bond acceptors (Lipinski definition) is 2. The Morgan fingerprint density at radius 3 is 2.61 bits per heavy atom. The first kappa shape index (κ1) is 15.0. The Kier molecular flexibility index (Phi) is 5.65. The lowest BCUT2D eigenvalue weighted by Gasteiger charge is -2.07. The highest BCUT2D eigenvalue weighted by Crippen LogP contribution is 2.28. The number of hydrogen-bond donors (Lipinski definition) is 1. The molecule has 0 saturated carbocycles. The predicted molar refractivity (Wildman–Crippen MR) is 64.2 cm³/mol. The lowest BCUT2D eigenvalue weighted by atomic mass is 10.2. The van der Waals surface area contributed by atoms with Crippen LogP contribution in [0.15, 0.2) is 12.4 Å². The van der Waals surface area contributed by atoms with Crippen molar-refractivity contribution >= 4 is 0 Å². The minimum Gasteiger partial charge on any atom is -0.316 e. The van der Waals surface area contributed by atoms with E-state index >= 15 is 0 Å². The van der Waals surface area contributed by atoms with Crippen molar-refractivity contribution in [3.8, 4) is 0 Å². The van der Waals surface area contributed by atoms with Crippen molar-refractivity contribution in [2.45, 2.75) is 39.4 Å². The summed E-state index contributed by atoms with van der Waals surface area (Å²) >= 11 is 0. The van der Waals surface area contributed by atoms with Gasteiger partial charge in [0.2, 0.25) is 0 Å². The van der Waals surface area contributed by atoms with E-state index in [1.807, 2.05) is 0 Å². The summed E-state index contributed by atoms with van der Waals surface area (Å²) in [6.45, 7) is 6.66. The monoisotopic (exact) mass is 263 g/mol. The predicted octanol–water partition coefficient (Wildman–Crippen LogP) is 2.93. The van der Waals surface area contributed by atoms with Crippen LogP contribution in [0.25, 0.3) is 0 Å². The average Bonchev–Trinajstić information content (AvgIpc) is 2.71. The molecular weight excluding hydrogens is 243 g/mol. The first-order valence-corrected chi connectivity index (χ1v) is 6.20. The Hall–Kier alpha value is -1.04. The van der Waals surface area contributed by atoms with Gasteiger partial charge in [-0.3, -0.25) is 4.68 Å². The van der Waals surface area contributed by atoms with Crippen molar-refractivity contribution in [2.24, 2.45) is 5.92 Å². The highest BCUT2D eigenvalue weighted by molar-refractivity contribution is 5.08. The maximum Gasteiger partial charge on any atom is 0.419 e. The zero-order valence-corrected chi connectivity index (χ0v) is 10.8. The largest absolute Gasteiger partial charge is 0.419 e. The van der Waals surface area contributed by atoms with Crippen LogP contribution in [0.4, 0.5) is 13.2 Å². The quantitative estimate of drug-likeness (QED) is 0.766. The summed E-state index contributed by atoms with van der Waals surface area (Å²) in [6, 6.07) is 0. The van der Waals surface area contributed by atoms with E-state index in [9.17, 15) is 13.2 Å². The molecule has 0 spiro atoms. The summed E-state index contributed by atoms with van der Waals surface area (Å²) in [4.78, 5) is 0. The molecule has 0 atom stereocenters. The van der Waals surface area contributed by atoms with Crippen LogP contribution in [0.5, 0.6) is 0 Å². The molecule has 6 heteroatoms. The second-order valence-corrected chi connectivity index (χ2v) is 4.79. The number of nitrogens with zero attached hydrogens (tertiary/aromatic N) is 2. The second-order valence-electron chi connectivity index (χ2n) is 4.79. The van der Waals surface area contributed by atoms with Crippen LogP contribution >= 0.6 is 0 Å². The molecule has 0 aromatic carbocycles. The zero-order chi connectivity index (χ0) is 13.6. The SMILES string of the molecule is CC(C)CNCCCCn1cc(C(F)(F)F)cn1. The number of rotatable bonds is 7. The van der Waals surface area contributed by atoms with Gasteiger partial charge < -0.3 is 5.32 Å². The first-order chi connectivity index (χ1) is 8.39. The fraction of sp³-hybridized carbons (Fsp3) is 0.750. The van der Waals surface area contributed by atoms with Crippen LogP contribution in [0, 0.1) is 5.92 Å². The topological polar surface area (TPSA) is 29.9 Å². The lowest BCUT2D eigenvalue weighted by molar-refractivity contribution is -0.137. The van der Waals surface area contributed by atoms with Gasteiger partial charge in [-0.15, -0.1) is 0 Å². The normalized spacial score (nSPS) is 12.3. The molecular formula is C12H20F3N3. The molecule has 0 aliphatic carbocycles. The van der Waals surface area contributed by atoms with Crippen LogP contribution in [-0.4, -0.2) is 22.9 Å². The van der Waals surface area contributed by atoms with E-state index in [0.29, 0.717) is 12.5 Å². The van der Waals surface area contributed by atoms with Gasteiger partial charge in [0.05, 0.1) is 11.8 Å². The Balaban J connectivity index is 2.18. The molecule has 0 saturated heterocycles. The van der Waals surface area contributed by atoms with Gasteiger partial charge in [-0.05, 0) is 31.8 Å². The molecule has 0 radical (unpaired) electrons. The molecule has 3 nitrogen and oxygen atoms in total. The van der Waals surface area contributed by atoms with Gasteiger partial charge >= 0.3 is 6.18 Å². The third-order valence-electron chi connectivity index (χ3n) is 2.50. The highest BCUT2D eigenvalue weighted by atomic mass is 19.4. The Bertz CT molecular complexity index is 345. The summed E-state index contributed by atoms with van der Waals surface area (Å²) < 4.78 is 38.3. The van der Waals surface area contributed by atoms with E-state index in [2.05, 4.69) is 24.3 Å². The summed E-state index contributed by atoms with van der Waals surface area (Å²) in [5.74, 6) is 0.616. The standard InChI is InChI=1S/C12H20F3N3/c1-10(2)7-16-5-3-4-6-18-9-11(8-17-18)12(13,14)15/h8-10,16H,3-7H2,1-2H3. The molecule has 1 N–H and O–H groups in total. The van der Waals surface area contributed by atoms with E-state index in [-0.39, 0.29) is 0 Å². The van der Waals surface area contributed by atoms with Gasteiger partial charge in [0.15, 0.2) is 0 Å². The van der Waals surface area contributed by atoms with Crippen molar-refractivity contribution < 1.29 is 13.2 Å². The van der Waals surface area contributed by atoms with E-state index in [1.165, 1.54) is 4.68 Å². The molecule has 1 heterocycles. The van der Waals surface area contributed by atoms with Gasteiger partial charge in [0.25, 0.3) is 0 Å². The summed E-state index contributed by atoms with van der Waals surface area (Å²) in [7, 11) is 0. The van der Waals surface area contributed by atoms with E-state index in [4.69, 9.17) is 0 Å². The van der Waals surface area contributed by atoms with Gasteiger partial charge in [-0.25, -0.2) is 0 Å². The number of halogens is 3. The van der Waals surface area contributed by atoms with Crippen molar-refractivity contribution in [1.29, 1.82) is 0 Å². The Morgan fingerprint density at radius 2 is 2.06 bits per heavy atom. The van der Waals surface area contributed by atoms with Crippen molar-refractivity contribution in [3.05, 3.63) is 18.0 Å². The van der Waals surface area contributed by atoms with Crippen molar-refractivity contribution in [3.63, 3.8) is 0 Å². The van der Waals surface area contributed by atoms with Crippen molar-refractivity contribution in [1.82, 2.24) is 15.1 Å². The number of alkyl halides is 3. The molecule has 0 aliphatic rings. The second kappa shape index (κ2) is 6.78. The van der Waals surface area contributed by atoms with Crippen LogP contribution in [0.2, 0.25) is 0 Å². The van der Waals surface area contributed by atoms with Crippen LogP contribution in [0.3, 0.4) is 0 Å². The van der Waals surface area contributed by atoms with Gasteiger partial charge in [0, 0.05) is 12.7 Å². The summed E-state index contributed by atoms with van der Waals surface area (Å²) in [5, 5.41) is 7.00. The van der Waals surface area contributed by atoms with Crippen molar-refractivity contribution in [2.75, 3.05) is 13.1 Å². The Labute approximate surface area is 105 Å². The average molecular weight is 263 g/mol. The number of aryl methyl sites for hydroxylation is 1.